The third kappa shape index (κ3) is 37.4. The highest BCUT2D eigenvalue weighted by atomic mass is 16.7. The van der Waals surface area contributed by atoms with Crippen molar-refractivity contribution < 1.29 is 39.8 Å². The van der Waals surface area contributed by atoms with Crippen LogP contribution in [0.1, 0.15) is 245 Å². The normalized spacial score (nSPS) is 20.1. The van der Waals surface area contributed by atoms with Crippen LogP contribution < -0.4 is 5.32 Å². The topological polar surface area (TPSA) is 149 Å². The molecule has 0 spiro atoms. The lowest BCUT2D eigenvalue weighted by Gasteiger charge is -2.40. The van der Waals surface area contributed by atoms with Crippen molar-refractivity contribution in [2.24, 2.45) is 0 Å². The number of aliphatic hydroxyl groups is 5. The average molecular weight is 944 g/mol. The summed E-state index contributed by atoms with van der Waals surface area (Å²) in [6.07, 6.45) is 56.7. The van der Waals surface area contributed by atoms with E-state index >= 15 is 0 Å². The first kappa shape index (κ1) is 62.9. The van der Waals surface area contributed by atoms with Crippen molar-refractivity contribution in [2.45, 2.75) is 288 Å². The highest BCUT2D eigenvalue weighted by Crippen LogP contribution is 2.23. The fourth-order valence-corrected chi connectivity index (χ4v) is 8.72. The molecule has 0 aromatic carbocycles. The third-order valence-corrected chi connectivity index (χ3v) is 13.1. The summed E-state index contributed by atoms with van der Waals surface area (Å²) in [5, 5.41) is 54.6. The summed E-state index contributed by atoms with van der Waals surface area (Å²) < 4.78 is 11.3. The molecule has 1 saturated heterocycles. The molecule has 0 bridgehead atoms. The van der Waals surface area contributed by atoms with Crippen LogP contribution in [0.3, 0.4) is 0 Å². The molecule has 0 radical (unpaired) electrons. The molecule has 1 rings (SSSR count). The second-order valence-electron chi connectivity index (χ2n) is 19.4. The van der Waals surface area contributed by atoms with Crippen LogP contribution in [0.2, 0.25) is 0 Å². The number of aliphatic hydroxyl groups excluding tert-OH is 5. The van der Waals surface area contributed by atoms with Crippen LogP contribution in [0.4, 0.5) is 0 Å². The van der Waals surface area contributed by atoms with E-state index < -0.39 is 49.5 Å². The van der Waals surface area contributed by atoms with E-state index in [0.717, 1.165) is 77.0 Å². The zero-order chi connectivity index (χ0) is 48.7. The minimum atomic E-state index is -1.56. The molecule has 1 amide bonds. The van der Waals surface area contributed by atoms with Gasteiger partial charge in [0.2, 0.25) is 5.91 Å². The van der Waals surface area contributed by atoms with Gasteiger partial charge in [-0.1, -0.05) is 242 Å². The number of carbonyl (C=O) groups is 1. The van der Waals surface area contributed by atoms with Crippen LogP contribution in [-0.4, -0.2) is 87.5 Å². The fourth-order valence-electron chi connectivity index (χ4n) is 8.72. The number of unbranched alkanes of at least 4 members (excludes halogenated alkanes) is 27. The van der Waals surface area contributed by atoms with Crippen molar-refractivity contribution in [1.29, 1.82) is 0 Å². The number of ether oxygens (including phenoxy) is 2. The lowest BCUT2D eigenvalue weighted by atomic mass is 9.99. The van der Waals surface area contributed by atoms with Crippen molar-refractivity contribution in [3.05, 3.63) is 60.8 Å². The van der Waals surface area contributed by atoms with E-state index in [1.165, 1.54) is 141 Å². The first-order chi connectivity index (χ1) is 32.8. The molecule has 7 atom stereocenters. The van der Waals surface area contributed by atoms with Crippen molar-refractivity contribution >= 4 is 5.91 Å². The summed E-state index contributed by atoms with van der Waals surface area (Å²) in [7, 11) is 0. The van der Waals surface area contributed by atoms with Crippen LogP contribution in [-0.2, 0) is 14.3 Å². The van der Waals surface area contributed by atoms with Gasteiger partial charge in [-0.3, -0.25) is 4.79 Å². The van der Waals surface area contributed by atoms with Gasteiger partial charge in [0.25, 0.3) is 0 Å². The molecule has 0 saturated carbocycles. The van der Waals surface area contributed by atoms with E-state index in [2.05, 4.69) is 79.9 Å². The molecule has 1 aliphatic heterocycles. The van der Waals surface area contributed by atoms with Crippen LogP contribution in [0.15, 0.2) is 60.8 Å². The number of rotatable bonds is 47. The molecule has 1 fully saturated rings. The molecular weight excluding hydrogens is 839 g/mol. The Kier molecular flexibility index (Phi) is 44.7. The fraction of sp³-hybridized carbons (Fsp3) is 0.810. The van der Waals surface area contributed by atoms with Gasteiger partial charge in [0.15, 0.2) is 6.29 Å². The van der Waals surface area contributed by atoms with Crippen molar-refractivity contribution in [2.75, 3.05) is 13.2 Å². The number of carbonyl (C=O) groups excluding carboxylic acids is 1. The largest absolute Gasteiger partial charge is 0.394 e. The Labute approximate surface area is 411 Å². The maximum atomic E-state index is 13.0. The minimum Gasteiger partial charge on any atom is -0.394 e. The maximum absolute atomic E-state index is 13.0. The van der Waals surface area contributed by atoms with Gasteiger partial charge in [-0.05, 0) is 57.8 Å². The zero-order valence-electron chi connectivity index (χ0n) is 43.1. The van der Waals surface area contributed by atoms with Gasteiger partial charge in [0.05, 0.1) is 25.4 Å². The summed E-state index contributed by atoms with van der Waals surface area (Å²) in [4.78, 5) is 13.0. The predicted octanol–water partition coefficient (Wildman–Crippen LogP) is 13.5. The Balaban J connectivity index is 2.24. The molecule has 7 unspecified atom stereocenters. The molecule has 390 valence electrons. The highest BCUT2D eigenvalue weighted by Gasteiger charge is 2.44. The molecule has 1 aliphatic rings. The Morgan fingerprint density at radius 1 is 0.522 bits per heavy atom. The number of nitrogens with one attached hydrogen (secondary N) is 1. The molecule has 67 heavy (non-hydrogen) atoms. The maximum Gasteiger partial charge on any atom is 0.220 e. The average Bonchev–Trinajstić information content (AvgIpc) is 3.33. The number of allylic oxidation sites excluding steroid dienone is 10. The Hall–Kier alpha value is -2.11. The number of amides is 1. The van der Waals surface area contributed by atoms with Crippen molar-refractivity contribution in [1.82, 2.24) is 5.32 Å². The Morgan fingerprint density at radius 3 is 1.36 bits per heavy atom. The molecule has 9 heteroatoms. The SMILES string of the molecule is CC/C=C\C/C=C\C/C=C\C/C=C\C/C=C\CCCCCC(=O)NC(COC1OC(CO)C(O)C(O)C1O)C(O)CCCCCCCCCCCCCCCCCCCCCCCCCCC. The van der Waals surface area contributed by atoms with Gasteiger partial charge in [-0.25, -0.2) is 0 Å². The second kappa shape index (κ2) is 47.6. The van der Waals surface area contributed by atoms with Gasteiger partial charge in [-0.2, -0.15) is 0 Å². The zero-order valence-corrected chi connectivity index (χ0v) is 43.1. The van der Waals surface area contributed by atoms with Gasteiger partial charge < -0.3 is 40.3 Å². The summed E-state index contributed by atoms with van der Waals surface area (Å²) in [6.45, 7) is 3.72. The van der Waals surface area contributed by atoms with E-state index in [4.69, 9.17) is 9.47 Å². The van der Waals surface area contributed by atoms with Crippen LogP contribution >= 0.6 is 0 Å². The van der Waals surface area contributed by atoms with Crippen molar-refractivity contribution in [3.8, 4) is 0 Å². The molecular formula is C58H105NO8. The van der Waals surface area contributed by atoms with Gasteiger partial charge in [0, 0.05) is 6.42 Å². The Bertz CT molecular complexity index is 1230. The summed E-state index contributed by atoms with van der Waals surface area (Å²) in [5.41, 5.74) is 0. The molecule has 9 nitrogen and oxygen atoms in total. The monoisotopic (exact) mass is 944 g/mol. The second-order valence-corrected chi connectivity index (χ2v) is 19.4. The molecule has 6 N–H and O–H groups in total. The third-order valence-electron chi connectivity index (χ3n) is 13.1. The van der Waals surface area contributed by atoms with Gasteiger partial charge in [0.1, 0.15) is 24.4 Å². The van der Waals surface area contributed by atoms with E-state index in [1.807, 2.05) is 0 Å². The van der Waals surface area contributed by atoms with Crippen LogP contribution in [0, 0.1) is 0 Å². The highest BCUT2D eigenvalue weighted by molar-refractivity contribution is 5.76. The van der Waals surface area contributed by atoms with Gasteiger partial charge >= 0.3 is 0 Å². The predicted molar refractivity (Wildman–Crippen MR) is 281 cm³/mol. The van der Waals surface area contributed by atoms with Crippen LogP contribution in [0.25, 0.3) is 0 Å². The standard InChI is InChI=1S/C58H105NO8/c1-3-5-7-9-11-13-15-17-19-21-23-24-25-26-27-28-30-31-33-35-37-39-41-43-45-47-52(61)51(50-66-58-57(65)56(64)55(63)53(49-60)67-58)59-54(62)48-46-44-42-40-38-36-34-32-29-22-20-18-16-14-12-10-8-6-4-2/h6,8,12,14,18,20,29,32,36,38,51-53,55-58,60-61,63-65H,3-5,7,9-11,13,15-17,19,21-28,30-31,33-35,37,39-50H2,1-2H3,(H,59,62)/b8-6-,14-12-,20-18-,32-29-,38-36-. The van der Waals surface area contributed by atoms with Gasteiger partial charge in [-0.15, -0.1) is 0 Å². The van der Waals surface area contributed by atoms with Crippen molar-refractivity contribution in [3.63, 3.8) is 0 Å². The smallest absolute Gasteiger partial charge is 0.220 e. The molecule has 1 heterocycles. The Morgan fingerprint density at radius 2 is 0.925 bits per heavy atom. The lowest BCUT2D eigenvalue weighted by molar-refractivity contribution is -0.302. The van der Waals surface area contributed by atoms with E-state index in [0.29, 0.717) is 12.8 Å². The summed E-state index contributed by atoms with van der Waals surface area (Å²) >= 11 is 0. The first-order valence-corrected chi connectivity index (χ1v) is 28.0. The molecule has 0 aromatic rings. The first-order valence-electron chi connectivity index (χ1n) is 28.0. The quantitative estimate of drug-likeness (QED) is 0.0261. The summed E-state index contributed by atoms with van der Waals surface area (Å²) in [5.74, 6) is -0.175. The van der Waals surface area contributed by atoms with E-state index in [1.54, 1.807) is 0 Å². The molecule has 0 aliphatic carbocycles. The minimum absolute atomic E-state index is 0.154. The molecule has 0 aromatic heterocycles. The summed E-state index contributed by atoms with van der Waals surface area (Å²) in [6, 6.07) is -0.740. The lowest BCUT2D eigenvalue weighted by Crippen LogP contribution is -2.60. The van der Waals surface area contributed by atoms with Crippen LogP contribution in [0.5, 0.6) is 0 Å². The van der Waals surface area contributed by atoms with E-state index in [-0.39, 0.29) is 12.5 Å². The number of hydrogen-bond donors (Lipinski definition) is 6. The number of hydrogen-bond acceptors (Lipinski definition) is 8. The van der Waals surface area contributed by atoms with E-state index in [9.17, 15) is 30.3 Å².